The molecule has 1 atom stereocenters. The monoisotopic (exact) mass is 325 g/mol. The van der Waals surface area contributed by atoms with E-state index in [2.05, 4.69) is 15.6 Å². The van der Waals surface area contributed by atoms with E-state index in [-0.39, 0.29) is 11.8 Å². The average Bonchev–Trinajstić information content (AvgIpc) is 2.52. The van der Waals surface area contributed by atoms with E-state index in [1.165, 1.54) is 0 Å². The van der Waals surface area contributed by atoms with Crippen molar-refractivity contribution < 1.29 is 9.53 Å². The fraction of sp³-hybridized carbons (Fsp3) is 0.368. The number of nitrogens with one attached hydrogen (secondary N) is 2. The van der Waals surface area contributed by atoms with E-state index in [4.69, 9.17) is 4.74 Å². The molecule has 0 bridgehead atoms. The molecule has 1 aliphatic rings. The lowest BCUT2D eigenvalue weighted by molar-refractivity contribution is -0.121. The molecular weight excluding hydrogens is 302 g/mol. The summed E-state index contributed by atoms with van der Waals surface area (Å²) in [5, 5.41) is 6.16. The van der Waals surface area contributed by atoms with Gasteiger partial charge in [-0.1, -0.05) is 19.1 Å². The van der Waals surface area contributed by atoms with Crippen molar-refractivity contribution in [3.63, 3.8) is 0 Å². The summed E-state index contributed by atoms with van der Waals surface area (Å²) in [6.45, 7) is 7.80. The van der Waals surface area contributed by atoms with Crippen LogP contribution in [0.3, 0.4) is 0 Å². The number of ether oxygens (including phenoxy) is 1. The topological polar surface area (TPSA) is 63.2 Å². The SMILES string of the molecule is Cc1cccc(Oc2ncccc2NC(=O)C(C)C2CNC2)c1C. The molecule has 1 aliphatic heterocycles. The third kappa shape index (κ3) is 3.41. The Balaban J connectivity index is 1.77. The van der Waals surface area contributed by atoms with Crippen LogP contribution in [-0.4, -0.2) is 24.0 Å². The summed E-state index contributed by atoms with van der Waals surface area (Å²) >= 11 is 0. The summed E-state index contributed by atoms with van der Waals surface area (Å²) in [6.07, 6.45) is 1.66. The van der Waals surface area contributed by atoms with E-state index in [0.717, 1.165) is 30.0 Å². The first kappa shape index (κ1) is 16.5. The number of aromatic nitrogens is 1. The molecule has 5 nitrogen and oxygen atoms in total. The van der Waals surface area contributed by atoms with E-state index in [0.29, 0.717) is 17.5 Å². The Bertz CT molecular complexity index is 741. The van der Waals surface area contributed by atoms with Crippen molar-refractivity contribution in [1.82, 2.24) is 10.3 Å². The molecule has 3 rings (SSSR count). The molecule has 1 amide bonds. The van der Waals surface area contributed by atoms with Gasteiger partial charge in [-0.05, 0) is 62.2 Å². The highest BCUT2D eigenvalue weighted by Gasteiger charge is 2.29. The minimum Gasteiger partial charge on any atom is -0.437 e. The van der Waals surface area contributed by atoms with Gasteiger partial charge in [0.1, 0.15) is 11.4 Å². The molecule has 2 N–H and O–H groups in total. The van der Waals surface area contributed by atoms with Gasteiger partial charge in [-0.3, -0.25) is 4.79 Å². The zero-order chi connectivity index (χ0) is 17.1. The Morgan fingerprint density at radius 3 is 2.79 bits per heavy atom. The smallest absolute Gasteiger partial charge is 0.243 e. The van der Waals surface area contributed by atoms with Crippen LogP contribution in [0.1, 0.15) is 18.1 Å². The Labute approximate surface area is 142 Å². The van der Waals surface area contributed by atoms with Crippen molar-refractivity contribution >= 4 is 11.6 Å². The number of nitrogens with zero attached hydrogens (tertiary/aromatic N) is 1. The minimum atomic E-state index is -0.0417. The summed E-state index contributed by atoms with van der Waals surface area (Å²) in [4.78, 5) is 16.7. The van der Waals surface area contributed by atoms with Gasteiger partial charge in [0.25, 0.3) is 0 Å². The standard InChI is InChI=1S/C19H23N3O2/c1-12-6-4-8-17(13(12)2)24-19-16(7-5-9-21-19)22-18(23)14(3)15-10-20-11-15/h4-9,14-15,20H,10-11H2,1-3H3,(H,22,23). The van der Waals surface area contributed by atoms with Gasteiger partial charge in [-0.25, -0.2) is 4.98 Å². The molecular formula is C19H23N3O2. The first-order valence-corrected chi connectivity index (χ1v) is 8.27. The van der Waals surface area contributed by atoms with Crippen LogP contribution in [0.25, 0.3) is 0 Å². The Morgan fingerprint density at radius 2 is 2.08 bits per heavy atom. The number of aryl methyl sites for hydroxylation is 1. The van der Waals surface area contributed by atoms with Gasteiger partial charge in [0, 0.05) is 12.1 Å². The van der Waals surface area contributed by atoms with Gasteiger partial charge in [0.2, 0.25) is 11.8 Å². The number of carbonyl (C=O) groups is 1. The van der Waals surface area contributed by atoms with Crippen LogP contribution in [-0.2, 0) is 4.79 Å². The van der Waals surface area contributed by atoms with E-state index in [9.17, 15) is 4.79 Å². The molecule has 1 aromatic heterocycles. The normalized spacial score (nSPS) is 15.5. The molecule has 1 fully saturated rings. The third-order valence-corrected chi connectivity index (χ3v) is 4.72. The number of carbonyl (C=O) groups excluding carboxylic acids is 1. The van der Waals surface area contributed by atoms with Gasteiger partial charge >= 0.3 is 0 Å². The highest BCUT2D eigenvalue weighted by Crippen LogP contribution is 2.31. The van der Waals surface area contributed by atoms with Crippen LogP contribution in [0.5, 0.6) is 11.6 Å². The number of benzene rings is 1. The maximum absolute atomic E-state index is 12.5. The predicted octanol–water partition coefficient (Wildman–Crippen LogP) is 3.28. The van der Waals surface area contributed by atoms with Crippen LogP contribution >= 0.6 is 0 Å². The van der Waals surface area contributed by atoms with Gasteiger partial charge in [-0.15, -0.1) is 0 Å². The Morgan fingerprint density at radius 1 is 1.29 bits per heavy atom. The van der Waals surface area contributed by atoms with Crippen LogP contribution in [0.4, 0.5) is 5.69 Å². The lowest BCUT2D eigenvalue weighted by Gasteiger charge is -2.31. The number of hydrogen-bond acceptors (Lipinski definition) is 4. The Kier molecular flexibility index (Phi) is 4.81. The molecule has 1 aromatic carbocycles. The summed E-state index contributed by atoms with van der Waals surface area (Å²) in [6, 6.07) is 9.51. The van der Waals surface area contributed by atoms with Gasteiger partial charge in [-0.2, -0.15) is 0 Å². The average molecular weight is 325 g/mol. The lowest BCUT2D eigenvalue weighted by Crippen LogP contribution is -2.48. The largest absolute Gasteiger partial charge is 0.437 e. The lowest BCUT2D eigenvalue weighted by atomic mass is 9.88. The molecule has 2 aromatic rings. The molecule has 1 saturated heterocycles. The van der Waals surface area contributed by atoms with Crippen molar-refractivity contribution in [1.29, 1.82) is 0 Å². The van der Waals surface area contributed by atoms with Crippen LogP contribution in [0.15, 0.2) is 36.5 Å². The van der Waals surface area contributed by atoms with Crippen molar-refractivity contribution in [2.45, 2.75) is 20.8 Å². The summed E-state index contributed by atoms with van der Waals surface area (Å²) in [5.74, 6) is 1.52. The highest BCUT2D eigenvalue weighted by molar-refractivity contribution is 5.93. The zero-order valence-electron chi connectivity index (χ0n) is 14.3. The second-order valence-electron chi connectivity index (χ2n) is 6.35. The maximum atomic E-state index is 12.5. The molecule has 0 aliphatic carbocycles. The van der Waals surface area contributed by atoms with Gasteiger partial charge in [0.05, 0.1) is 0 Å². The second-order valence-corrected chi connectivity index (χ2v) is 6.35. The fourth-order valence-electron chi connectivity index (χ4n) is 2.63. The van der Waals surface area contributed by atoms with E-state index in [1.54, 1.807) is 12.3 Å². The van der Waals surface area contributed by atoms with E-state index >= 15 is 0 Å². The number of amides is 1. The van der Waals surface area contributed by atoms with E-state index < -0.39 is 0 Å². The summed E-state index contributed by atoms with van der Waals surface area (Å²) in [5.41, 5.74) is 2.82. The van der Waals surface area contributed by atoms with Crippen LogP contribution < -0.4 is 15.4 Å². The first-order chi connectivity index (χ1) is 11.6. The first-order valence-electron chi connectivity index (χ1n) is 8.27. The highest BCUT2D eigenvalue weighted by atomic mass is 16.5. The summed E-state index contributed by atoms with van der Waals surface area (Å²) < 4.78 is 5.96. The predicted molar refractivity (Wildman–Crippen MR) is 94.4 cm³/mol. The fourth-order valence-corrected chi connectivity index (χ4v) is 2.63. The number of rotatable bonds is 5. The third-order valence-electron chi connectivity index (χ3n) is 4.72. The maximum Gasteiger partial charge on any atom is 0.243 e. The van der Waals surface area contributed by atoms with Crippen molar-refractivity contribution in [3.8, 4) is 11.6 Å². The van der Waals surface area contributed by atoms with Gasteiger partial charge < -0.3 is 15.4 Å². The quantitative estimate of drug-likeness (QED) is 0.885. The molecule has 5 heteroatoms. The van der Waals surface area contributed by atoms with Crippen molar-refractivity contribution in [2.75, 3.05) is 18.4 Å². The van der Waals surface area contributed by atoms with Crippen molar-refractivity contribution in [3.05, 3.63) is 47.7 Å². The molecule has 0 spiro atoms. The number of hydrogen-bond donors (Lipinski definition) is 2. The minimum absolute atomic E-state index is 0.000291. The molecule has 2 heterocycles. The van der Waals surface area contributed by atoms with Gasteiger partial charge in [0.15, 0.2) is 0 Å². The second kappa shape index (κ2) is 7.01. The van der Waals surface area contributed by atoms with Crippen molar-refractivity contribution in [2.24, 2.45) is 11.8 Å². The molecule has 0 radical (unpaired) electrons. The molecule has 24 heavy (non-hydrogen) atoms. The number of pyridine rings is 1. The molecule has 1 unspecified atom stereocenters. The number of anilines is 1. The molecule has 126 valence electrons. The van der Waals surface area contributed by atoms with Crippen LogP contribution in [0, 0.1) is 25.7 Å². The zero-order valence-corrected chi connectivity index (χ0v) is 14.3. The Hall–Kier alpha value is -2.40. The van der Waals surface area contributed by atoms with Crippen LogP contribution in [0.2, 0.25) is 0 Å². The van der Waals surface area contributed by atoms with E-state index in [1.807, 2.05) is 45.0 Å². The molecule has 0 saturated carbocycles. The summed E-state index contributed by atoms with van der Waals surface area (Å²) in [7, 11) is 0.